The van der Waals surface area contributed by atoms with E-state index in [1.54, 1.807) is 0 Å². The Morgan fingerprint density at radius 2 is 2.07 bits per heavy atom. The highest BCUT2D eigenvalue weighted by Gasteiger charge is 2.57. The molecular formula is C10H17N3O2. The average molecular weight is 211 g/mol. The summed E-state index contributed by atoms with van der Waals surface area (Å²) in [6.45, 7) is 1.96. The molecule has 0 aromatic rings. The maximum absolute atomic E-state index is 11.6. The Kier molecular flexibility index (Phi) is 2.65. The molecule has 2 aliphatic rings. The summed E-state index contributed by atoms with van der Waals surface area (Å²) in [6, 6.07) is 0. The Bertz CT molecular complexity index is 284. The van der Waals surface area contributed by atoms with Crippen LogP contribution in [0.5, 0.6) is 0 Å². The summed E-state index contributed by atoms with van der Waals surface area (Å²) >= 11 is 0. The van der Waals surface area contributed by atoms with E-state index >= 15 is 0 Å². The fourth-order valence-electron chi connectivity index (χ4n) is 2.49. The van der Waals surface area contributed by atoms with Crippen molar-refractivity contribution in [3.63, 3.8) is 0 Å². The molecule has 1 spiro atoms. The van der Waals surface area contributed by atoms with Gasteiger partial charge < -0.3 is 16.4 Å². The summed E-state index contributed by atoms with van der Waals surface area (Å²) in [7, 11) is 0. The first-order chi connectivity index (χ1) is 7.14. The van der Waals surface area contributed by atoms with Crippen molar-refractivity contribution in [1.82, 2.24) is 10.6 Å². The molecule has 1 unspecified atom stereocenters. The van der Waals surface area contributed by atoms with Crippen LogP contribution in [0.2, 0.25) is 0 Å². The van der Waals surface area contributed by atoms with Crippen LogP contribution >= 0.6 is 0 Å². The minimum Gasteiger partial charge on any atom is -0.368 e. The number of carbonyl (C=O) groups excluding carboxylic acids is 2. The summed E-state index contributed by atoms with van der Waals surface area (Å²) in [5.74, 6) is -0.377. The molecule has 1 aliphatic carbocycles. The second-order valence-corrected chi connectivity index (χ2v) is 4.55. The van der Waals surface area contributed by atoms with Crippen LogP contribution in [0.25, 0.3) is 0 Å². The molecule has 0 bridgehead atoms. The standard InChI is InChI=1S/C10H17N3O2/c11-8(14)6-13-9(15)7-5-10(7)1-3-12-4-2-10/h7,12H,1-6H2,(H2,11,14)(H,13,15). The van der Waals surface area contributed by atoms with Crippen LogP contribution in [-0.2, 0) is 9.59 Å². The van der Waals surface area contributed by atoms with Gasteiger partial charge in [-0.15, -0.1) is 0 Å². The maximum Gasteiger partial charge on any atom is 0.236 e. The fourth-order valence-corrected chi connectivity index (χ4v) is 2.49. The van der Waals surface area contributed by atoms with Crippen molar-refractivity contribution in [3.05, 3.63) is 0 Å². The van der Waals surface area contributed by atoms with Crippen molar-refractivity contribution in [2.75, 3.05) is 19.6 Å². The zero-order valence-corrected chi connectivity index (χ0v) is 8.71. The topological polar surface area (TPSA) is 84.2 Å². The Hall–Kier alpha value is -1.10. The van der Waals surface area contributed by atoms with E-state index in [1.165, 1.54) is 0 Å². The van der Waals surface area contributed by atoms with Gasteiger partial charge in [-0.1, -0.05) is 0 Å². The Morgan fingerprint density at radius 1 is 1.40 bits per heavy atom. The molecule has 84 valence electrons. The van der Waals surface area contributed by atoms with E-state index in [-0.39, 0.29) is 23.8 Å². The van der Waals surface area contributed by atoms with E-state index in [0.717, 1.165) is 32.4 Å². The summed E-state index contributed by atoms with van der Waals surface area (Å²) in [5.41, 5.74) is 5.20. The predicted molar refractivity (Wildman–Crippen MR) is 54.8 cm³/mol. The number of piperidine rings is 1. The monoisotopic (exact) mass is 211 g/mol. The first kappa shape index (κ1) is 10.4. The van der Waals surface area contributed by atoms with Gasteiger partial charge in [0, 0.05) is 5.92 Å². The number of carbonyl (C=O) groups is 2. The van der Waals surface area contributed by atoms with Gasteiger partial charge in [0.25, 0.3) is 0 Å². The third-order valence-electron chi connectivity index (χ3n) is 3.54. The smallest absolute Gasteiger partial charge is 0.236 e. The lowest BCUT2D eigenvalue weighted by Crippen LogP contribution is -2.37. The maximum atomic E-state index is 11.6. The minimum atomic E-state index is -0.483. The van der Waals surface area contributed by atoms with Crippen LogP contribution in [0.4, 0.5) is 0 Å². The first-order valence-electron chi connectivity index (χ1n) is 5.41. The molecule has 1 saturated heterocycles. The van der Waals surface area contributed by atoms with Crippen molar-refractivity contribution in [2.24, 2.45) is 17.1 Å². The molecule has 0 radical (unpaired) electrons. The van der Waals surface area contributed by atoms with Gasteiger partial charge in [-0.2, -0.15) is 0 Å². The molecule has 1 atom stereocenters. The van der Waals surface area contributed by atoms with Gasteiger partial charge in [-0.25, -0.2) is 0 Å². The lowest BCUT2D eigenvalue weighted by Gasteiger charge is -2.23. The van der Waals surface area contributed by atoms with Crippen LogP contribution in [-0.4, -0.2) is 31.4 Å². The molecule has 1 aliphatic heterocycles. The molecule has 15 heavy (non-hydrogen) atoms. The van der Waals surface area contributed by atoms with Gasteiger partial charge in [0.15, 0.2) is 0 Å². The van der Waals surface area contributed by atoms with E-state index in [2.05, 4.69) is 10.6 Å². The highest BCUT2D eigenvalue weighted by Crippen LogP contribution is 2.58. The fraction of sp³-hybridized carbons (Fsp3) is 0.800. The highest BCUT2D eigenvalue weighted by molar-refractivity contribution is 5.87. The van der Waals surface area contributed by atoms with E-state index in [9.17, 15) is 9.59 Å². The van der Waals surface area contributed by atoms with Crippen LogP contribution in [0.1, 0.15) is 19.3 Å². The van der Waals surface area contributed by atoms with Crippen molar-refractivity contribution in [3.8, 4) is 0 Å². The molecule has 1 saturated carbocycles. The van der Waals surface area contributed by atoms with Crippen molar-refractivity contribution >= 4 is 11.8 Å². The number of primary amides is 1. The van der Waals surface area contributed by atoms with E-state index < -0.39 is 5.91 Å². The zero-order chi connectivity index (χ0) is 10.9. The molecule has 2 rings (SSSR count). The van der Waals surface area contributed by atoms with E-state index in [4.69, 9.17) is 5.73 Å². The first-order valence-corrected chi connectivity index (χ1v) is 5.41. The predicted octanol–water partition coefficient (Wildman–Crippen LogP) is -1.02. The Balaban J connectivity index is 1.81. The van der Waals surface area contributed by atoms with E-state index in [1.807, 2.05) is 0 Å². The second kappa shape index (κ2) is 3.81. The lowest BCUT2D eigenvalue weighted by atomic mass is 9.92. The summed E-state index contributed by atoms with van der Waals surface area (Å²) in [4.78, 5) is 22.2. The molecule has 5 nitrogen and oxygen atoms in total. The van der Waals surface area contributed by atoms with Gasteiger partial charge in [-0.05, 0) is 37.8 Å². The average Bonchev–Trinajstić information content (AvgIpc) is 2.90. The van der Waals surface area contributed by atoms with Gasteiger partial charge >= 0.3 is 0 Å². The van der Waals surface area contributed by atoms with Crippen LogP contribution in [0.3, 0.4) is 0 Å². The Morgan fingerprint density at radius 3 is 2.67 bits per heavy atom. The van der Waals surface area contributed by atoms with Crippen LogP contribution in [0.15, 0.2) is 0 Å². The molecule has 4 N–H and O–H groups in total. The summed E-state index contributed by atoms with van der Waals surface area (Å²) < 4.78 is 0. The largest absolute Gasteiger partial charge is 0.368 e. The van der Waals surface area contributed by atoms with Crippen LogP contribution < -0.4 is 16.4 Å². The third kappa shape index (κ3) is 2.12. The van der Waals surface area contributed by atoms with Crippen molar-refractivity contribution in [1.29, 1.82) is 0 Å². The second-order valence-electron chi connectivity index (χ2n) is 4.55. The molecule has 2 fully saturated rings. The van der Waals surface area contributed by atoms with Gasteiger partial charge in [0.1, 0.15) is 0 Å². The number of hydrogen-bond acceptors (Lipinski definition) is 3. The molecule has 0 aromatic heterocycles. The summed E-state index contributed by atoms with van der Waals surface area (Å²) in [5, 5.41) is 5.87. The van der Waals surface area contributed by atoms with Crippen LogP contribution in [0, 0.1) is 11.3 Å². The number of nitrogens with one attached hydrogen (secondary N) is 2. The normalized spacial score (nSPS) is 27.3. The number of amides is 2. The lowest BCUT2D eigenvalue weighted by molar-refractivity contribution is -0.126. The quantitative estimate of drug-likeness (QED) is 0.558. The van der Waals surface area contributed by atoms with Gasteiger partial charge in [0.05, 0.1) is 6.54 Å². The van der Waals surface area contributed by atoms with Crippen molar-refractivity contribution in [2.45, 2.75) is 19.3 Å². The van der Waals surface area contributed by atoms with Gasteiger partial charge in [0.2, 0.25) is 11.8 Å². The molecule has 5 heteroatoms. The zero-order valence-electron chi connectivity index (χ0n) is 8.71. The molecule has 1 heterocycles. The molecule has 0 aromatic carbocycles. The third-order valence-corrected chi connectivity index (χ3v) is 3.54. The highest BCUT2D eigenvalue weighted by atomic mass is 16.2. The number of rotatable bonds is 3. The molecular weight excluding hydrogens is 194 g/mol. The minimum absolute atomic E-state index is 0.00398. The number of nitrogens with two attached hydrogens (primary N) is 1. The van der Waals surface area contributed by atoms with Crippen molar-refractivity contribution < 1.29 is 9.59 Å². The van der Waals surface area contributed by atoms with Gasteiger partial charge in [-0.3, -0.25) is 9.59 Å². The SMILES string of the molecule is NC(=O)CNC(=O)C1CC12CCNCC2. The summed E-state index contributed by atoms with van der Waals surface area (Å²) in [6.07, 6.45) is 3.11. The Labute approximate surface area is 88.8 Å². The molecule has 2 amide bonds. The van der Waals surface area contributed by atoms with E-state index in [0.29, 0.717) is 0 Å². The number of hydrogen-bond donors (Lipinski definition) is 3.